The Labute approximate surface area is 144 Å². The SMILES string of the molecule is N#CC1(C(=O)N[C@H]2CCCc3cn(CC(F)(F)F)nc32)CCCCC1. The fourth-order valence-electron chi connectivity index (χ4n) is 3.84. The molecular weight excluding hydrogens is 333 g/mol. The Morgan fingerprint density at radius 2 is 2.08 bits per heavy atom. The summed E-state index contributed by atoms with van der Waals surface area (Å²) >= 11 is 0. The minimum Gasteiger partial charge on any atom is -0.346 e. The van der Waals surface area contributed by atoms with E-state index in [1.165, 1.54) is 6.20 Å². The number of nitrogens with zero attached hydrogens (tertiary/aromatic N) is 3. The summed E-state index contributed by atoms with van der Waals surface area (Å²) in [6, 6.07) is 1.76. The third kappa shape index (κ3) is 3.80. The van der Waals surface area contributed by atoms with Crippen LogP contribution in [0.15, 0.2) is 6.20 Å². The van der Waals surface area contributed by atoms with E-state index in [1.807, 2.05) is 0 Å². The van der Waals surface area contributed by atoms with E-state index in [0.717, 1.165) is 35.9 Å². The number of nitriles is 1. The molecule has 0 saturated heterocycles. The number of rotatable bonds is 3. The van der Waals surface area contributed by atoms with E-state index in [9.17, 15) is 23.2 Å². The van der Waals surface area contributed by atoms with Crippen molar-refractivity contribution in [2.45, 2.75) is 70.1 Å². The maximum absolute atomic E-state index is 12.7. The van der Waals surface area contributed by atoms with Gasteiger partial charge in [0.05, 0.1) is 17.8 Å². The molecule has 2 aliphatic carbocycles. The van der Waals surface area contributed by atoms with Crippen LogP contribution in [-0.2, 0) is 17.8 Å². The van der Waals surface area contributed by atoms with Gasteiger partial charge >= 0.3 is 6.18 Å². The highest BCUT2D eigenvalue weighted by Crippen LogP contribution is 2.37. The molecule has 1 N–H and O–H groups in total. The molecule has 2 aliphatic rings. The molecule has 1 saturated carbocycles. The summed E-state index contributed by atoms with van der Waals surface area (Å²) in [7, 11) is 0. The predicted octanol–water partition coefficient (Wildman–Crippen LogP) is 3.41. The molecule has 1 aromatic rings. The van der Waals surface area contributed by atoms with Crippen molar-refractivity contribution < 1.29 is 18.0 Å². The standard InChI is InChI=1S/C17H21F3N4O/c18-17(19,20)11-24-9-12-5-4-6-13(14(12)23-24)22-15(25)16(10-21)7-2-1-3-8-16/h9,13H,1-8,11H2,(H,22,25)/t13-/m0/s1. The van der Waals surface area contributed by atoms with Crippen LogP contribution in [0.25, 0.3) is 0 Å². The highest BCUT2D eigenvalue weighted by Gasteiger charge is 2.41. The molecule has 1 heterocycles. The first-order valence-corrected chi connectivity index (χ1v) is 8.68. The van der Waals surface area contributed by atoms with Crippen LogP contribution in [-0.4, -0.2) is 21.9 Å². The Morgan fingerprint density at radius 1 is 1.36 bits per heavy atom. The Morgan fingerprint density at radius 3 is 2.72 bits per heavy atom. The molecule has 25 heavy (non-hydrogen) atoms. The Balaban J connectivity index is 1.77. The maximum Gasteiger partial charge on any atom is 0.408 e. The van der Waals surface area contributed by atoms with Crippen molar-refractivity contribution in [2.24, 2.45) is 5.41 Å². The monoisotopic (exact) mass is 354 g/mol. The number of aromatic nitrogens is 2. The highest BCUT2D eigenvalue weighted by atomic mass is 19.4. The van der Waals surface area contributed by atoms with Gasteiger partial charge in [-0.2, -0.15) is 23.5 Å². The summed E-state index contributed by atoms with van der Waals surface area (Å²) in [6.45, 7) is -1.14. The number of carbonyl (C=O) groups is 1. The molecule has 136 valence electrons. The number of nitrogens with one attached hydrogen (secondary N) is 1. The summed E-state index contributed by atoms with van der Waals surface area (Å²) in [6.07, 6.45) is 2.93. The molecule has 1 aromatic heterocycles. The largest absolute Gasteiger partial charge is 0.408 e. The van der Waals surface area contributed by atoms with Crippen LogP contribution in [0.1, 0.15) is 62.2 Å². The van der Waals surface area contributed by atoms with E-state index in [-0.39, 0.29) is 5.91 Å². The van der Waals surface area contributed by atoms with Gasteiger partial charge in [-0.3, -0.25) is 9.48 Å². The summed E-state index contributed by atoms with van der Waals surface area (Å²) < 4.78 is 38.7. The van der Waals surface area contributed by atoms with Gasteiger partial charge in [0, 0.05) is 6.20 Å². The van der Waals surface area contributed by atoms with Gasteiger partial charge in [-0.05, 0) is 37.7 Å². The lowest BCUT2D eigenvalue weighted by Crippen LogP contribution is -2.43. The fourth-order valence-corrected chi connectivity index (χ4v) is 3.84. The van der Waals surface area contributed by atoms with Crippen molar-refractivity contribution in [1.29, 1.82) is 5.26 Å². The van der Waals surface area contributed by atoms with Gasteiger partial charge in [-0.25, -0.2) is 0 Å². The minimum absolute atomic E-state index is 0.307. The molecule has 0 radical (unpaired) electrons. The summed E-state index contributed by atoms with van der Waals surface area (Å²) in [5.74, 6) is -0.307. The summed E-state index contributed by atoms with van der Waals surface area (Å²) in [5, 5.41) is 16.5. The molecule has 0 unspecified atom stereocenters. The number of carbonyl (C=O) groups excluding carboxylic acids is 1. The molecule has 1 fully saturated rings. The van der Waals surface area contributed by atoms with E-state index >= 15 is 0 Å². The van der Waals surface area contributed by atoms with Crippen molar-refractivity contribution in [1.82, 2.24) is 15.1 Å². The third-order valence-corrected chi connectivity index (χ3v) is 5.14. The van der Waals surface area contributed by atoms with Crippen molar-refractivity contribution in [2.75, 3.05) is 0 Å². The van der Waals surface area contributed by atoms with Crippen LogP contribution in [0.2, 0.25) is 0 Å². The number of hydrogen-bond acceptors (Lipinski definition) is 3. The smallest absolute Gasteiger partial charge is 0.346 e. The Bertz CT molecular complexity index is 683. The first kappa shape index (κ1) is 17.8. The topological polar surface area (TPSA) is 70.7 Å². The molecule has 5 nitrogen and oxygen atoms in total. The number of hydrogen-bond donors (Lipinski definition) is 1. The van der Waals surface area contributed by atoms with Gasteiger partial charge in [-0.1, -0.05) is 19.3 Å². The zero-order chi connectivity index (χ0) is 18.1. The number of fused-ring (bicyclic) bond motifs is 1. The van der Waals surface area contributed by atoms with Gasteiger partial charge < -0.3 is 5.32 Å². The van der Waals surface area contributed by atoms with Gasteiger partial charge in [-0.15, -0.1) is 0 Å². The van der Waals surface area contributed by atoms with Gasteiger partial charge in [0.25, 0.3) is 0 Å². The van der Waals surface area contributed by atoms with Gasteiger partial charge in [0.15, 0.2) is 0 Å². The van der Waals surface area contributed by atoms with Gasteiger partial charge in [0.2, 0.25) is 5.91 Å². The molecule has 0 spiro atoms. The maximum atomic E-state index is 12.7. The average Bonchev–Trinajstić information content (AvgIpc) is 2.96. The van der Waals surface area contributed by atoms with Crippen LogP contribution < -0.4 is 5.32 Å². The number of halogens is 3. The first-order valence-electron chi connectivity index (χ1n) is 8.68. The first-order chi connectivity index (χ1) is 11.8. The second-order valence-electron chi connectivity index (χ2n) is 7.03. The highest BCUT2D eigenvalue weighted by molar-refractivity contribution is 5.85. The van der Waals surface area contributed by atoms with Crippen LogP contribution in [0.5, 0.6) is 0 Å². The molecule has 3 rings (SSSR count). The van der Waals surface area contributed by atoms with Crippen LogP contribution in [0.3, 0.4) is 0 Å². The van der Waals surface area contributed by atoms with E-state index in [0.29, 0.717) is 31.4 Å². The lowest BCUT2D eigenvalue weighted by molar-refractivity contribution is -0.142. The van der Waals surface area contributed by atoms with E-state index in [4.69, 9.17) is 0 Å². The average molecular weight is 354 g/mol. The van der Waals surface area contributed by atoms with Gasteiger partial charge in [0.1, 0.15) is 12.0 Å². The third-order valence-electron chi connectivity index (χ3n) is 5.14. The quantitative estimate of drug-likeness (QED) is 0.904. The van der Waals surface area contributed by atoms with Crippen molar-refractivity contribution >= 4 is 5.91 Å². The second kappa shape index (κ2) is 6.70. The number of alkyl halides is 3. The molecule has 8 heteroatoms. The number of amides is 1. The molecule has 0 aromatic carbocycles. The normalized spacial score (nSPS) is 22.7. The molecular formula is C17H21F3N4O. The zero-order valence-corrected chi connectivity index (χ0v) is 13.9. The summed E-state index contributed by atoms with van der Waals surface area (Å²) in [4.78, 5) is 12.7. The zero-order valence-electron chi connectivity index (χ0n) is 13.9. The molecule has 0 bridgehead atoms. The van der Waals surface area contributed by atoms with E-state index < -0.39 is 24.2 Å². The van der Waals surface area contributed by atoms with Crippen molar-refractivity contribution in [3.8, 4) is 6.07 Å². The van der Waals surface area contributed by atoms with Crippen molar-refractivity contribution in [3.63, 3.8) is 0 Å². The molecule has 0 aliphatic heterocycles. The summed E-state index contributed by atoms with van der Waals surface area (Å²) in [5.41, 5.74) is 0.243. The Hall–Kier alpha value is -2.04. The fraction of sp³-hybridized carbons (Fsp3) is 0.706. The van der Waals surface area contributed by atoms with Crippen molar-refractivity contribution in [3.05, 3.63) is 17.5 Å². The predicted molar refractivity (Wildman–Crippen MR) is 83.2 cm³/mol. The molecule has 1 atom stereocenters. The number of aryl methyl sites for hydroxylation is 1. The van der Waals surface area contributed by atoms with E-state index in [2.05, 4.69) is 16.5 Å². The van der Waals surface area contributed by atoms with E-state index in [1.54, 1.807) is 0 Å². The van der Waals surface area contributed by atoms with Crippen LogP contribution >= 0.6 is 0 Å². The second-order valence-corrected chi connectivity index (χ2v) is 7.03. The lowest BCUT2D eigenvalue weighted by Gasteiger charge is -2.32. The van der Waals surface area contributed by atoms with Crippen LogP contribution in [0, 0.1) is 16.7 Å². The molecule has 1 amide bonds. The van der Waals surface area contributed by atoms with Crippen LogP contribution in [0.4, 0.5) is 13.2 Å². The Kier molecular flexibility index (Phi) is 4.76. The lowest BCUT2D eigenvalue weighted by atomic mass is 9.74. The minimum atomic E-state index is -4.33.